The van der Waals surface area contributed by atoms with Crippen LogP contribution in [0.15, 0.2) is 71.2 Å². The predicted octanol–water partition coefficient (Wildman–Crippen LogP) is 6.05. The minimum atomic E-state index is -0.271. The second kappa shape index (κ2) is 9.59. The van der Waals surface area contributed by atoms with Crippen LogP contribution in [0.25, 0.3) is 0 Å². The molecule has 0 saturated heterocycles. The highest BCUT2D eigenvalue weighted by atomic mass is 79.9. The Morgan fingerprint density at radius 2 is 1.63 bits per heavy atom. The first kappa shape index (κ1) is 21.6. The third kappa shape index (κ3) is 5.48. The van der Waals surface area contributed by atoms with E-state index in [-0.39, 0.29) is 17.9 Å². The Kier molecular flexibility index (Phi) is 6.90. The zero-order valence-electron chi connectivity index (χ0n) is 17.0. The molecule has 0 aliphatic rings. The molecule has 0 atom stereocenters. The van der Waals surface area contributed by atoms with Crippen LogP contribution < -0.4 is 15.4 Å². The first-order chi connectivity index (χ1) is 14.3. The number of amides is 2. The van der Waals surface area contributed by atoms with E-state index in [1.54, 1.807) is 36.4 Å². The van der Waals surface area contributed by atoms with Crippen LogP contribution in [0.5, 0.6) is 5.75 Å². The second-order valence-electron chi connectivity index (χ2n) is 7.11. The van der Waals surface area contributed by atoms with E-state index in [9.17, 15) is 9.59 Å². The maximum Gasteiger partial charge on any atom is 0.259 e. The van der Waals surface area contributed by atoms with Gasteiger partial charge in [0.25, 0.3) is 11.8 Å². The number of carbonyl (C=O) groups excluding carboxylic acids is 2. The molecule has 5 nitrogen and oxygen atoms in total. The molecule has 0 aliphatic carbocycles. The fraction of sp³-hybridized carbons (Fsp3) is 0.167. The largest absolute Gasteiger partial charge is 0.490 e. The summed E-state index contributed by atoms with van der Waals surface area (Å²) in [6.45, 7) is 5.70. The van der Waals surface area contributed by atoms with Crippen molar-refractivity contribution in [1.82, 2.24) is 0 Å². The van der Waals surface area contributed by atoms with Gasteiger partial charge in [0.1, 0.15) is 5.75 Å². The summed E-state index contributed by atoms with van der Waals surface area (Å²) in [5.41, 5.74) is 3.18. The quantitative estimate of drug-likeness (QED) is 0.464. The van der Waals surface area contributed by atoms with Crippen molar-refractivity contribution in [3.8, 4) is 5.75 Å². The number of hydrogen-bond acceptors (Lipinski definition) is 3. The van der Waals surface area contributed by atoms with Gasteiger partial charge in [-0.15, -0.1) is 0 Å². The fourth-order valence-corrected chi connectivity index (χ4v) is 3.26. The van der Waals surface area contributed by atoms with Crippen LogP contribution in [0.3, 0.4) is 0 Å². The average molecular weight is 467 g/mol. The Bertz CT molecular complexity index is 1070. The third-order valence-electron chi connectivity index (χ3n) is 4.32. The van der Waals surface area contributed by atoms with Crippen molar-refractivity contribution in [2.75, 3.05) is 10.6 Å². The summed E-state index contributed by atoms with van der Waals surface area (Å²) in [5.74, 6) is 0.0710. The molecule has 154 valence electrons. The highest BCUT2D eigenvalue weighted by molar-refractivity contribution is 9.10. The van der Waals surface area contributed by atoms with Gasteiger partial charge in [-0.1, -0.05) is 34.1 Å². The summed E-state index contributed by atoms with van der Waals surface area (Å²) in [4.78, 5) is 25.2. The lowest BCUT2D eigenvalue weighted by Crippen LogP contribution is -2.16. The molecule has 6 heteroatoms. The van der Waals surface area contributed by atoms with Crippen molar-refractivity contribution < 1.29 is 14.3 Å². The summed E-state index contributed by atoms with van der Waals surface area (Å²) in [6, 6.07) is 19.7. The summed E-state index contributed by atoms with van der Waals surface area (Å²) in [6.07, 6.45) is -0.0486. The van der Waals surface area contributed by atoms with E-state index in [0.717, 1.165) is 10.0 Å². The summed E-state index contributed by atoms with van der Waals surface area (Å²) in [7, 11) is 0. The molecule has 0 heterocycles. The third-order valence-corrected chi connectivity index (χ3v) is 4.81. The summed E-state index contributed by atoms with van der Waals surface area (Å²) < 4.78 is 6.55. The zero-order chi connectivity index (χ0) is 21.7. The predicted molar refractivity (Wildman–Crippen MR) is 123 cm³/mol. The Hall–Kier alpha value is -3.12. The highest BCUT2D eigenvalue weighted by Gasteiger charge is 2.15. The van der Waals surface area contributed by atoms with Crippen molar-refractivity contribution >= 4 is 39.1 Å². The van der Waals surface area contributed by atoms with E-state index in [2.05, 4.69) is 26.6 Å². The van der Waals surface area contributed by atoms with Gasteiger partial charge < -0.3 is 15.4 Å². The van der Waals surface area contributed by atoms with Gasteiger partial charge >= 0.3 is 0 Å². The lowest BCUT2D eigenvalue weighted by molar-refractivity contribution is 0.101. The summed E-state index contributed by atoms with van der Waals surface area (Å²) in [5, 5.41) is 5.80. The lowest BCUT2D eigenvalue weighted by Gasteiger charge is -2.15. The van der Waals surface area contributed by atoms with Gasteiger partial charge in [0.05, 0.1) is 11.7 Å². The first-order valence-corrected chi connectivity index (χ1v) is 10.4. The molecule has 0 saturated carbocycles. The molecule has 3 aromatic carbocycles. The number of hydrogen-bond donors (Lipinski definition) is 2. The van der Waals surface area contributed by atoms with Gasteiger partial charge in [-0.3, -0.25) is 9.59 Å². The smallest absolute Gasteiger partial charge is 0.259 e. The normalized spacial score (nSPS) is 10.6. The van der Waals surface area contributed by atoms with Gasteiger partial charge in [-0.2, -0.15) is 0 Å². The molecular formula is C24H23BrN2O3. The first-order valence-electron chi connectivity index (χ1n) is 9.58. The molecule has 2 N–H and O–H groups in total. The Morgan fingerprint density at radius 1 is 0.900 bits per heavy atom. The number of nitrogens with one attached hydrogen (secondary N) is 2. The van der Waals surface area contributed by atoms with Crippen LogP contribution in [-0.2, 0) is 0 Å². The van der Waals surface area contributed by atoms with E-state index in [1.807, 2.05) is 51.1 Å². The Morgan fingerprint density at radius 3 is 2.30 bits per heavy atom. The van der Waals surface area contributed by atoms with Crippen LogP contribution >= 0.6 is 15.9 Å². The summed E-state index contributed by atoms with van der Waals surface area (Å²) >= 11 is 3.40. The molecule has 0 unspecified atom stereocenters. The van der Waals surface area contributed by atoms with Gasteiger partial charge in [0.15, 0.2) is 0 Å². The highest BCUT2D eigenvalue weighted by Crippen LogP contribution is 2.26. The van der Waals surface area contributed by atoms with Crippen LogP contribution in [0.2, 0.25) is 0 Å². The van der Waals surface area contributed by atoms with Gasteiger partial charge in [0.2, 0.25) is 0 Å². The number of halogens is 1. The van der Waals surface area contributed by atoms with Crippen LogP contribution in [-0.4, -0.2) is 17.9 Å². The van der Waals surface area contributed by atoms with Crippen molar-refractivity contribution in [2.45, 2.75) is 26.9 Å². The minimum absolute atomic E-state index is 0.0486. The molecule has 0 bridgehead atoms. The molecule has 0 fully saturated rings. The molecule has 0 spiro atoms. The number of aryl methyl sites for hydroxylation is 1. The topological polar surface area (TPSA) is 67.4 Å². The van der Waals surface area contributed by atoms with Crippen LogP contribution in [0, 0.1) is 6.92 Å². The maximum atomic E-state index is 12.8. The Balaban J connectivity index is 1.75. The molecule has 3 rings (SSSR count). The monoisotopic (exact) mass is 466 g/mol. The van der Waals surface area contributed by atoms with E-state index >= 15 is 0 Å². The standard InChI is InChI=1S/C24H23BrN2O3/c1-15(2)30-22-12-9-18(25)14-20(22)24(29)26-19-10-11-21(16(3)13-19)27-23(28)17-7-5-4-6-8-17/h4-15H,1-3H3,(H,26,29)(H,27,28). The molecule has 30 heavy (non-hydrogen) atoms. The molecular weight excluding hydrogens is 444 g/mol. The molecule has 3 aromatic rings. The van der Waals surface area contributed by atoms with Gasteiger partial charge in [-0.05, 0) is 74.9 Å². The van der Waals surface area contributed by atoms with Crippen molar-refractivity contribution in [3.63, 3.8) is 0 Å². The minimum Gasteiger partial charge on any atom is -0.490 e. The number of benzene rings is 3. The number of anilines is 2. The SMILES string of the molecule is Cc1cc(NC(=O)c2cc(Br)ccc2OC(C)C)ccc1NC(=O)c1ccccc1. The molecule has 0 aliphatic heterocycles. The van der Waals surface area contributed by atoms with E-state index < -0.39 is 0 Å². The van der Waals surface area contributed by atoms with Crippen molar-refractivity contribution in [3.05, 3.63) is 87.9 Å². The van der Waals surface area contributed by atoms with Crippen LogP contribution in [0.1, 0.15) is 40.1 Å². The fourth-order valence-electron chi connectivity index (χ4n) is 2.90. The molecule has 2 amide bonds. The van der Waals surface area contributed by atoms with Gasteiger partial charge in [0, 0.05) is 21.4 Å². The number of carbonyl (C=O) groups is 2. The number of rotatable bonds is 6. The number of ether oxygens (including phenoxy) is 1. The Labute approximate surface area is 184 Å². The van der Waals surface area contributed by atoms with E-state index in [1.165, 1.54) is 0 Å². The zero-order valence-corrected chi connectivity index (χ0v) is 18.6. The van der Waals surface area contributed by atoms with Crippen molar-refractivity contribution in [1.29, 1.82) is 0 Å². The molecule has 0 aromatic heterocycles. The van der Waals surface area contributed by atoms with Gasteiger partial charge in [-0.25, -0.2) is 0 Å². The second-order valence-corrected chi connectivity index (χ2v) is 8.03. The maximum absolute atomic E-state index is 12.8. The van der Waals surface area contributed by atoms with E-state index in [0.29, 0.717) is 28.3 Å². The average Bonchev–Trinajstić information content (AvgIpc) is 2.71. The van der Waals surface area contributed by atoms with Crippen molar-refractivity contribution in [2.24, 2.45) is 0 Å². The van der Waals surface area contributed by atoms with E-state index in [4.69, 9.17) is 4.74 Å². The molecule has 0 radical (unpaired) electrons. The van der Waals surface area contributed by atoms with Crippen LogP contribution in [0.4, 0.5) is 11.4 Å². The lowest BCUT2D eigenvalue weighted by atomic mass is 10.1.